The molecule has 0 unspecified atom stereocenters. The lowest BCUT2D eigenvalue weighted by Crippen LogP contribution is -1.90. The average Bonchev–Trinajstić information content (AvgIpc) is 2.67. The highest BCUT2D eigenvalue weighted by Crippen LogP contribution is 2.27. The Morgan fingerprint density at radius 3 is 2.81 bits per heavy atom. The molecule has 16 heavy (non-hydrogen) atoms. The normalized spacial score (nSPS) is 10.7. The molecule has 0 saturated heterocycles. The summed E-state index contributed by atoms with van der Waals surface area (Å²) in [6.07, 6.45) is 0.640. The zero-order valence-electron chi connectivity index (χ0n) is 9.53. The van der Waals surface area contributed by atoms with Crippen LogP contribution >= 0.6 is 11.3 Å². The summed E-state index contributed by atoms with van der Waals surface area (Å²) in [5.74, 6) is 0. The van der Waals surface area contributed by atoms with Crippen LogP contribution in [0.25, 0.3) is 10.6 Å². The molecule has 84 valence electrons. The summed E-state index contributed by atoms with van der Waals surface area (Å²) < 4.78 is 0. The Hall–Kier alpha value is -1.19. The third kappa shape index (κ3) is 2.31. The number of rotatable bonds is 3. The summed E-state index contributed by atoms with van der Waals surface area (Å²) in [7, 11) is 0. The maximum Gasteiger partial charge on any atom is 0.123 e. The predicted molar refractivity (Wildman–Crippen MR) is 67.8 cm³/mol. The van der Waals surface area contributed by atoms with Gasteiger partial charge in [-0.05, 0) is 19.4 Å². The second-order valence-corrected chi connectivity index (χ2v) is 4.79. The molecule has 0 spiro atoms. The smallest absolute Gasteiger partial charge is 0.123 e. The molecule has 2 aromatic rings. The molecule has 1 aromatic carbocycles. The zero-order valence-corrected chi connectivity index (χ0v) is 10.3. The molecule has 0 aliphatic rings. The Balaban J connectivity index is 2.35. The summed E-state index contributed by atoms with van der Waals surface area (Å²) in [6.45, 7) is 4.36. The summed E-state index contributed by atoms with van der Waals surface area (Å²) in [4.78, 5) is 4.52. The van der Waals surface area contributed by atoms with Gasteiger partial charge in [0.1, 0.15) is 5.01 Å². The standard InChI is InChI=1S/C13H15NOS/c1-9-3-4-12(10(2)7-9)13-14-11(5-6-15)8-16-13/h3-4,7-8,15H,5-6H2,1-2H3. The topological polar surface area (TPSA) is 33.1 Å². The maximum absolute atomic E-state index is 8.86. The number of thiazole rings is 1. The van der Waals surface area contributed by atoms with E-state index in [1.54, 1.807) is 11.3 Å². The van der Waals surface area contributed by atoms with Gasteiger partial charge in [-0.2, -0.15) is 0 Å². The molecule has 0 radical (unpaired) electrons. The van der Waals surface area contributed by atoms with Gasteiger partial charge in [0.2, 0.25) is 0 Å². The van der Waals surface area contributed by atoms with Crippen molar-refractivity contribution in [2.75, 3.05) is 6.61 Å². The first-order chi connectivity index (χ1) is 7.70. The Labute approximate surface area is 99.6 Å². The van der Waals surface area contributed by atoms with Crippen molar-refractivity contribution in [2.24, 2.45) is 0 Å². The second-order valence-electron chi connectivity index (χ2n) is 3.94. The molecule has 0 bridgehead atoms. The molecule has 0 amide bonds. The average molecular weight is 233 g/mol. The molecule has 1 aromatic heterocycles. The molecule has 1 N–H and O–H groups in total. The minimum absolute atomic E-state index is 0.163. The van der Waals surface area contributed by atoms with E-state index in [4.69, 9.17) is 5.11 Å². The Morgan fingerprint density at radius 2 is 2.12 bits per heavy atom. The predicted octanol–water partition coefficient (Wildman–Crippen LogP) is 2.96. The number of aliphatic hydroxyl groups is 1. The lowest BCUT2D eigenvalue weighted by atomic mass is 10.1. The van der Waals surface area contributed by atoms with E-state index in [-0.39, 0.29) is 6.61 Å². The van der Waals surface area contributed by atoms with Crippen molar-refractivity contribution in [1.29, 1.82) is 0 Å². The lowest BCUT2D eigenvalue weighted by molar-refractivity contribution is 0.298. The molecule has 2 nitrogen and oxygen atoms in total. The molecule has 0 aliphatic carbocycles. The number of aliphatic hydroxyl groups excluding tert-OH is 1. The van der Waals surface area contributed by atoms with Gasteiger partial charge in [-0.1, -0.05) is 23.8 Å². The van der Waals surface area contributed by atoms with Crippen molar-refractivity contribution in [3.63, 3.8) is 0 Å². The summed E-state index contributed by atoms with van der Waals surface area (Å²) in [5.41, 5.74) is 4.69. The van der Waals surface area contributed by atoms with Crippen molar-refractivity contribution in [3.8, 4) is 10.6 Å². The number of aromatic nitrogens is 1. The molecule has 1 heterocycles. The van der Waals surface area contributed by atoms with E-state index in [0.717, 1.165) is 10.7 Å². The van der Waals surface area contributed by atoms with Crippen LogP contribution in [0, 0.1) is 13.8 Å². The Morgan fingerprint density at radius 1 is 1.31 bits per heavy atom. The first-order valence-electron chi connectivity index (χ1n) is 5.33. The SMILES string of the molecule is Cc1ccc(-c2nc(CCO)cs2)c(C)c1. The monoisotopic (exact) mass is 233 g/mol. The van der Waals surface area contributed by atoms with Crippen LogP contribution in [0.3, 0.4) is 0 Å². The van der Waals surface area contributed by atoms with Crippen molar-refractivity contribution in [3.05, 3.63) is 40.4 Å². The highest BCUT2D eigenvalue weighted by atomic mass is 32.1. The quantitative estimate of drug-likeness (QED) is 0.884. The third-order valence-electron chi connectivity index (χ3n) is 2.53. The molecule has 2 rings (SSSR count). The van der Waals surface area contributed by atoms with E-state index in [0.29, 0.717) is 6.42 Å². The zero-order chi connectivity index (χ0) is 11.5. The molecule has 0 atom stereocenters. The minimum Gasteiger partial charge on any atom is -0.396 e. The van der Waals surface area contributed by atoms with Gasteiger partial charge in [-0.15, -0.1) is 11.3 Å². The van der Waals surface area contributed by atoms with Gasteiger partial charge < -0.3 is 5.11 Å². The van der Waals surface area contributed by atoms with Gasteiger partial charge in [0.05, 0.1) is 5.69 Å². The van der Waals surface area contributed by atoms with E-state index < -0.39 is 0 Å². The molecule has 0 aliphatic heterocycles. The van der Waals surface area contributed by atoms with Crippen LogP contribution in [0.2, 0.25) is 0 Å². The number of benzene rings is 1. The van der Waals surface area contributed by atoms with Crippen molar-refractivity contribution >= 4 is 11.3 Å². The van der Waals surface area contributed by atoms with Crippen LogP contribution in [-0.4, -0.2) is 16.7 Å². The fourth-order valence-electron chi connectivity index (χ4n) is 1.71. The molecule has 0 fully saturated rings. The van der Waals surface area contributed by atoms with Crippen LogP contribution in [0.5, 0.6) is 0 Å². The second kappa shape index (κ2) is 4.76. The lowest BCUT2D eigenvalue weighted by Gasteiger charge is -2.03. The molecular formula is C13H15NOS. The van der Waals surface area contributed by atoms with Gasteiger partial charge in [0.15, 0.2) is 0 Å². The van der Waals surface area contributed by atoms with Crippen molar-refractivity contribution < 1.29 is 5.11 Å². The fraction of sp³-hybridized carbons (Fsp3) is 0.308. The highest BCUT2D eigenvalue weighted by Gasteiger charge is 2.07. The Bertz CT molecular complexity index is 490. The summed E-state index contributed by atoms with van der Waals surface area (Å²) in [6, 6.07) is 6.39. The third-order valence-corrected chi connectivity index (χ3v) is 3.46. The number of hydrogen-bond donors (Lipinski definition) is 1. The van der Waals surface area contributed by atoms with Crippen LogP contribution in [0.15, 0.2) is 23.6 Å². The van der Waals surface area contributed by atoms with Gasteiger partial charge in [0, 0.05) is 24.0 Å². The largest absolute Gasteiger partial charge is 0.396 e. The van der Waals surface area contributed by atoms with E-state index in [2.05, 4.69) is 37.0 Å². The van der Waals surface area contributed by atoms with E-state index in [1.807, 2.05) is 5.38 Å². The van der Waals surface area contributed by atoms with Gasteiger partial charge >= 0.3 is 0 Å². The van der Waals surface area contributed by atoms with Crippen molar-refractivity contribution in [2.45, 2.75) is 20.3 Å². The first-order valence-corrected chi connectivity index (χ1v) is 6.21. The first kappa shape index (κ1) is 11.3. The van der Waals surface area contributed by atoms with Crippen LogP contribution in [0.4, 0.5) is 0 Å². The van der Waals surface area contributed by atoms with Gasteiger partial charge in [-0.3, -0.25) is 0 Å². The molecule has 0 saturated carbocycles. The number of hydrogen-bond acceptors (Lipinski definition) is 3. The molecule has 3 heteroatoms. The number of nitrogens with zero attached hydrogens (tertiary/aromatic N) is 1. The maximum atomic E-state index is 8.86. The number of aryl methyl sites for hydroxylation is 2. The highest BCUT2D eigenvalue weighted by molar-refractivity contribution is 7.13. The van der Waals surface area contributed by atoms with Crippen molar-refractivity contribution in [1.82, 2.24) is 4.98 Å². The summed E-state index contributed by atoms with van der Waals surface area (Å²) in [5, 5.41) is 11.9. The van der Waals surface area contributed by atoms with Crippen LogP contribution in [-0.2, 0) is 6.42 Å². The van der Waals surface area contributed by atoms with Crippen LogP contribution in [0.1, 0.15) is 16.8 Å². The van der Waals surface area contributed by atoms with E-state index in [1.165, 1.54) is 16.7 Å². The summed E-state index contributed by atoms with van der Waals surface area (Å²) >= 11 is 1.64. The minimum atomic E-state index is 0.163. The van der Waals surface area contributed by atoms with E-state index in [9.17, 15) is 0 Å². The Kier molecular flexibility index (Phi) is 3.36. The van der Waals surface area contributed by atoms with Gasteiger partial charge in [0.25, 0.3) is 0 Å². The fourth-order valence-corrected chi connectivity index (χ4v) is 2.66. The van der Waals surface area contributed by atoms with E-state index >= 15 is 0 Å². The van der Waals surface area contributed by atoms with Crippen LogP contribution < -0.4 is 0 Å². The molecular weight excluding hydrogens is 218 g/mol. The van der Waals surface area contributed by atoms with Gasteiger partial charge in [-0.25, -0.2) is 4.98 Å².